The molecule has 4 nitrogen and oxygen atoms in total. The maximum Gasteiger partial charge on any atom is 0.574 e. The summed E-state index contributed by atoms with van der Waals surface area (Å²) < 4.78 is 40.5. The van der Waals surface area contributed by atoms with E-state index in [4.69, 9.17) is 0 Å². The molecule has 2 rings (SSSR count). The number of hydrogen-bond donors (Lipinski definition) is 0. The van der Waals surface area contributed by atoms with E-state index in [0.717, 1.165) is 6.20 Å². The van der Waals surface area contributed by atoms with Gasteiger partial charge in [-0.2, -0.15) is 10.1 Å². The number of ether oxygens (including phenoxy) is 1. The maximum atomic E-state index is 11.9. The number of fused-ring (bicyclic) bond motifs is 1. The molecule has 18 heavy (non-hydrogen) atoms. The van der Waals surface area contributed by atoms with Crippen LogP contribution in [0, 0.1) is 6.92 Å². The van der Waals surface area contributed by atoms with Crippen LogP contribution in [0.2, 0.25) is 0 Å². The molecular weight excluding hydrogens is 247 g/mol. The van der Waals surface area contributed by atoms with Crippen molar-refractivity contribution in [2.24, 2.45) is 0 Å². The molecule has 7 heteroatoms. The van der Waals surface area contributed by atoms with Gasteiger partial charge in [0.1, 0.15) is 0 Å². The number of hydrogen-bond acceptors (Lipinski definition) is 3. The summed E-state index contributed by atoms with van der Waals surface area (Å²) in [6, 6.07) is 3.21. The molecule has 0 fully saturated rings. The molecule has 0 aliphatic rings. The van der Waals surface area contributed by atoms with Crippen molar-refractivity contribution in [1.82, 2.24) is 14.6 Å². The molecule has 0 N–H and O–H groups in total. The van der Waals surface area contributed by atoms with Gasteiger partial charge in [-0.15, -0.1) is 13.2 Å². The first-order valence-corrected chi connectivity index (χ1v) is 5.44. The van der Waals surface area contributed by atoms with Crippen molar-refractivity contribution in [3.8, 4) is 5.88 Å². The maximum absolute atomic E-state index is 11.9. The molecular formula is C11H14F3N3O. The normalized spacial score (nSPS) is 11.0. The lowest BCUT2D eigenvalue weighted by atomic mass is 10.4. The molecule has 2 aromatic rings. The van der Waals surface area contributed by atoms with Crippen molar-refractivity contribution in [1.29, 1.82) is 0 Å². The highest BCUT2D eigenvalue weighted by atomic mass is 19.4. The number of alkyl halides is 3. The zero-order valence-corrected chi connectivity index (χ0v) is 10.3. The van der Waals surface area contributed by atoms with E-state index in [0.29, 0.717) is 11.3 Å². The Hall–Kier alpha value is -1.79. The third-order valence-electron chi connectivity index (χ3n) is 1.65. The van der Waals surface area contributed by atoms with Crippen LogP contribution in [0.4, 0.5) is 13.2 Å². The van der Waals surface area contributed by atoms with Gasteiger partial charge in [0.15, 0.2) is 5.65 Å². The molecule has 0 amide bonds. The van der Waals surface area contributed by atoms with Crippen LogP contribution in [0.5, 0.6) is 5.88 Å². The highest BCUT2D eigenvalue weighted by molar-refractivity contribution is 5.40. The molecule has 0 aromatic carbocycles. The lowest BCUT2D eigenvalue weighted by Gasteiger charge is -2.03. The van der Waals surface area contributed by atoms with Crippen LogP contribution in [-0.4, -0.2) is 21.0 Å². The van der Waals surface area contributed by atoms with Crippen molar-refractivity contribution in [3.05, 3.63) is 24.0 Å². The summed E-state index contributed by atoms with van der Waals surface area (Å²) in [4.78, 5) is 3.60. The van der Waals surface area contributed by atoms with Crippen LogP contribution in [0.15, 0.2) is 18.3 Å². The standard InChI is InChI=1S/C8H6F3N3O.C3H8/c1-5-2-3-6-12-7(4-14(6)13-5)15-8(9,10)11;1-3-2/h2-4H,1H3;3H2,1-2H3. The Kier molecular flexibility index (Phi) is 4.52. The van der Waals surface area contributed by atoms with E-state index in [1.165, 1.54) is 10.9 Å². The number of halogens is 3. The number of rotatable bonds is 1. The van der Waals surface area contributed by atoms with Crippen LogP contribution >= 0.6 is 0 Å². The SMILES string of the molecule is CCC.Cc1ccc2nc(OC(F)(F)F)cn2n1. The Morgan fingerprint density at radius 3 is 2.44 bits per heavy atom. The lowest BCUT2D eigenvalue weighted by Crippen LogP contribution is -2.17. The predicted octanol–water partition coefficient (Wildman–Crippen LogP) is 3.35. The van der Waals surface area contributed by atoms with E-state index >= 15 is 0 Å². The summed E-state index contributed by atoms with van der Waals surface area (Å²) in [7, 11) is 0. The van der Waals surface area contributed by atoms with Gasteiger partial charge in [-0.05, 0) is 19.1 Å². The highest BCUT2D eigenvalue weighted by Crippen LogP contribution is 2.21. The molecule has 0 atom stereocenters. The summed E-state index contributed by atoms with van der Waals surface area (Å²) in [5.41, 5.74) is 0.985. The Labute approximate surface area is 102 Å². The van der Waals surface area contributed by atoms with Gasteiger partial charge in [-0.3, -0.25) is 0 Å². The van der Waals surface area contributed by atoms with Gasteiger partial charge in [-0.25, -0.2) is 4.52 Å². The quantitative estimate of drug-likeness (QED) is 0.790. The van der Waals surface area contributed by atoms with E-state index in [2.05, 4.69) is 28.7 Å². The van der Waals surface area contributed by atoms with Crippen molar-refractivity contribution >= 4 is 5.65 Å². The second-order valence-corrected chi connectivity index (χ2v) is 3.61. The smallest absolute Gasteiger partial charge is 0.386 e. The van der Waals surface area contributed by atoms with Crippen molar-refractivity contribution in [2.45, 2.75) is 33.6 Å². The van der Waals surface area contributed by atoms with Gasteiger partial charge < -0.3 is 4.74 Å². The van der Waals surface area contributed by atoms with Gasteiger partial charge in [0, 0.05) is 0 Å². The number of imidazole rings is 1. The van der Waals surface area contributed by atoms with E-state index in [-0.39, 0.29) is 0 Å². The fourth-order valence-corrected chi connectivity index (χ4v) is 1.12. The van der Waals surface area contributed by atoms with Crippen LogP contribution in [-0.2, 0) is 0 Å². The molecule has 0 saturated carbocycles. The molecule has 0 saturated heterocycles. The van der Waals surface area contributed by atoms with Crippen molar-refractivity contribution < 1.29 is 17.9 Å². The van der Waals surface area contributed by atoms with Crippen LogP contribution < -0.4 is 4.74 Å². The van der Waals surface area contributed by atoms with Crippen molar-refractivity contribution in [3.63, 3.8) is 0 Å². The monoisotopic (exact) mass is 261 g/mol. The van der Waals surface area contributed by atoms with E-state index < -0.39 is 12.2 Å². The third-order valence-corrected chi connectivity index (χ3v) is 1.65. The summed E-state index contributed by atoms with van der Waals surface area (Å²) in [6.07, 6.45) is -2.40. The summed E-state index contributed by atoms with van der Waals surface area (Å²) in [6.45, 7) is 5.98. The van der Waals surface area contributed by atoms with Crippen molar-refractivity contribution in [2.75, 3.05) is 0 Å². The molecule has 100 valence electrons. The molecule has 0 aliphatic carbocycles. The first-order chi connectivity index (χ1) is 8.35. The second kappa shape index (κ2) is 5.70. The highest BCUT2D eigenvalue weighted by Gasteiger charge is 2.32. The lowest BCUT2D eigenvalue weighted by molar-refractivity contribution is -0.276. The van der Waals surface area contributed by atoms with Crippen LogP contribution in [0.1, 0.15) is 26.0 Å². The minimum absolute atomic E-state index is 0.305. The van der Waals surface area contributed by atoms with E-state index in [1.807, 2.05) is 0 Å². The second-order valence-electron chi connectivity index (χ2n) is 3.61. The first kappa shape index (κ1) is 14.3. The fourth-order valence-electron chi connectivity index (χ4n) is 1.12. The van der Waals surface area contributed by atoms with Gasteiger partial charge in [0.05, 0.1) is 11.9 Å². The first-order valence-electron chi connectivity index (χ1n) is 5.44. The molecule has 0 bridgehead atoms. The summed E-state index contributed by atoms with van der Waals surface area (Å²) >= 11 is 0. The molecule has 2 aromatic heterocycles. The van der Waals surface area contributed by atoms with Gasteiger partial charge in [0.2, 0.25) is 5.88 Å². The average molecular weight is 261 g/mol. The number of nitrogens with zero attached hydrogens (tertiary/aromatic N) is 3. The Morgan fingerprint density at radius 2 is 1.89 bits per heavy atom. The molecule has 2 heterocycles. The van der Waals surface area contributed by atoms with E-state index in [1.54, 1.807) is 19.1 Å². The van der Waals surface area contributed by atoms with Crippen LogP contribution in [0.3, 0.4) is 0 Å². The minimum atomic E-state index is -4.73. The number of aryl methyl sites for hydroxylation is 1. The molecule has 0 radical (unpaired) electrons. The van der Waals surface area contributed by atoms with Gasteiger partial charge >= 0.3 is 6.36 Å². The average Bonchev–Trinajstić information content (AvgIpc) is 2.57. The zero-order chi connectivity index (χ0) is 13.8. The van der Waals surface area contributed by atoms with Gasteiger partial charge in [-0.1, -0.05) is 20.3 Å². The fraction of sp³-hybridized carbons (Fsp3) is 0.455. The van der Waals surface area contributed by atoms with E-state index in [9.17, 15) is 13.2 Å². The largest absolute Gasteiger partial charge is 0.574 e. The molecule has 0 unspecified atom stereocenters. The minimum Gasteiger partial charge on any atom is -0.386 e. The Balaban J connectivity index is 0.000000492. The summed E-state index contributed by atoms with van der Waals surface area (Å²) in [5, 5.41) is 3.93. The third kappa shape index (κ3) is 4.23. The summed E-state index contributed by atoms with van der Waals surface area (Å²) in [5.74, 6) is -0.513. The molecule has 0 aliphatic heterocycles. The topological polar surface area (TPSA) is 39.4 Å². The predicted molar refractivity (Wildman–Crippen MR) is 60.4 cm³/mol. The Bertz CT molecular complexity index is 508. The molecule has 0 spiro atoms. The number of aromatic nitrogens is 3. The van der Waals surface area contributed by atoms with Crippen LogP contribution in [0.25, 0.3) is 5.65 Å². The Morgan fingerprint density at radius 1 is 1.28 bits per heavy atom. The zero-order valence-electron chi connectivity index (χ0n) is 10.3. The van der Waals surface area contributed by atoms with Gasteiger partial charge in [0.25, 0.3) is 0 Å².